The van der Waals surface area contributed by atoms with Gasteiger partial charge in [0.05, 0.1) is 5.56 Å². The lowest BCUT2D eigenvalue weighted by atomic mass is 10.2. The highest BCUT2D eigenvalue weighted by molar-refractivity contribution is 7.09. The van der Waals surface area contributed by atoms with Crippen LogP contribution in [0.15, 0.2) is 18.2 Å². The minimum Gasteiger partial charge on any atom is -0.478 e. The molecule has 0 spiro atoms. The number of carboxylic acids is 1. The van der Waals surface area contributed by atoms with E-state index in [1.54, 1.807) is 0 Å². The van der Waals surface area contributed by atoms with E-state index in [1.165, 1.54) is 23.7 Å². The van der Waals surface area contributed by atoms with Gasteiger partial charge < -0.3 is 10.4 Å². The van der Waals surface area contributed by atoms with Crippen LogP contribution in [0.2, 0.25) is 0 Å². The number of halogens is 1. The van der Waals surface area contributed by atoms with Gasteiger partial charge in [-0.05, 0) is 24.6 Å². The fourth-order valence-corrected chi connectivity index (χ4v) is 2.15. The summed E-state index contributed by atoms with van der Waals surface area (Å²) in [6.45, 7) is 2.04. The fraction of sp³-hybridized carbons (Fsp3) is 0.250. The number of anilines is 2. The number of carboxylic acid groups (broad SMARTS) is 1. The molecule has 0 bridgehead atoms. The maximum absolute atomic E-state index is 13.5. The van der Waals surface area contributed by atoms with E-state index < -0.39 is 11.8 Å². The number of hydrogen-bond donors (Lipinski definition) is 2. The predicted molar refractivity (Wildman–Crippen MR) is 70.5 cm³/mol. The summed E-state index contributed by atoms with van der Waals surface area (Å²) in [6.07, 6.45) is 1.75. The van der Waals surface area contributed by atoms with E-state index in [-0.39, 0.29) is 5.56 Å². The van der Waals surface area contributed by atoms with Crippen molar-refractivity contribution < 1.29 is 14.3 Å². The molecule has 0 saturated carbocycles. The summed E-state index contributed by atoms with van der Waals surface area (Å²) >= 11 is 1.19. The zero-order valence-corrected chi connectivity index (χ0v) is 11.0. The maximum atomic E-state index is 13.5. The summed E-state index contributed by atoms with van der Waals surface area (Å²) in [5.74, 6) is -1.32. The van der Waals surface area contributed by atoms with Gasteiger partial charge in [-0.15, -0.1) is 0 Å². The minimum absolute atomic E-state index is 0.352. The second-order valence-corrected chi connectivity index (χ2v) is 4.64. The molecule has 19 heavy (non-hydrogen) atoms. The van der Waals surface area contributed by atoms with Gasteiger partial charge in [0.2, 0.25) is 5.13 Å². The predicted octanol–water partition coefficient (Wildman–Crippen LogP) is 3.07. The molecule has 2 N–H and O–H groups in total. The number of aryl methyl sites for hydroxylation is 1. The third kappa shape index (κ3) is 3.25. The topological polar surface area (TPSA) is 75.1 Å². The van der Waals surface area contributed by atoms with Crippen LogP contribution in [-0.2, 0) is 6.42 Å². The van der Waals surface area contributed by atoms with Crippen molar-refractivity contribution >= 4 is 28.3 Å². The van der Waals surface area contributed by atoms with Crippen LogP contribution < -0.4 is 5.32 Å². The molecule has 1 heterocycles. The molecular formula is C12H12FN3O2S. The van der Waals surface area contributed by atoms with Crippen LogP contribution in [0.3, 0.4) is 0 Å². The summed E-state index contributed by atoms with van der Waals surface area (Å²) in [5, 5.41) is 12.2. The van der Waals surface area contributed by atoms with Crippen molar-refractivity contribution in [3.05, 3.63) is 35.4 Å². The Bertz CT molecular complexity index is 600. The molecule has 0 aliphatic carbocycles. The van der Waals surface area contributed by atoms with Crippen molar-refractivity contribution in [1.29, 1.82) is 0 Å². The van der Waals surface area contributed by atoms with Gasteiger partial charge in [-0.25, -0.2) is 14.2 Å². The lowest BCUT2D eigenvalue weighted by Gasteiger charge is -2.03. The van der Waals surface area contributed by atoms with Gasteiger partial charge in [0.1, 0.15) is 11.6 Å². The van der Waals surface area contributed by atoms with E-state index in [0.717, 1.165) is 24.7 Å². The Morgan fingerprint density at radius 3 is 2.95 bits per heavy atom. The van der Waals surface area contributed by atoms with Crippen molar-refractivity contribution in [3.63, 3.8) is 0 Å². The number of aromatic nitrogens is 2. The number of benzene rings is 1. The normalized spacial score (nSPS) is 10.4. The van der Waals surface area contributed by atoms with Gasteiger partial charge in [-0.1, -0.05) is 6.92 Å². The average molecular weight is 281 g/mol. The molecule has 0 aliphatic heterocycles. The van der Waals surface area contributed by atoms with Crippen molar-refractivity contribution in [1.82, 2.24) is 9.36 Å². The molecule has 1 aromatic carbocycles. The second kappa shape index (κ2) is 5.75. The lowest BCUT2D eigenvalue weighted by molar-refractivity contribution is 0.0692. The lowest BCUT2D eigenvalue weighted by Crippen LogP contribution is -2.01. The summed E-state index contributed by atoms with van der Waals surface area (Å²) in [5.41, 5.74) is 0.0937. The van der Waals surface area contributed by atoms with E-state index in [0.29, 0.717) is 10.8 Å². The number of nitrogens with zero attached hydrogens (tertiary/aromatic N) is 2. The summed E-state index contributed by atoms with van der Waals surface area (Å²) in [6, 6.07) is 3.84. The monoisotopic (exact) mass is 281 g/mol. The average Bonchev–Trinajstić information content (AvgIpc) is 2.76. The van der Waals surface area contributed by atoms with Gasteiger partial charge in [0, 0.05) is 23.6 Å². The third-order valence-corrected chi connectivity index (χ3v) is 3.06. The standard InChI is InChI=1S/C12H12FN3O2S/c1-2-3-10-15-12(19-16-10)14-7-4-5-8(11(17)18)9(13)6-7/h4-6H,2-3H2,1H3,(H,17,18)(H,14,15,16). The molecule has 5 nitrogen and oxygen atoms in total. The van der Waals surface area contributed by atoms with Crippen LogP contribution in [0.5, 0.6) is 0 Å². The molecule has 0 fully saturated rings. The van der Waals surface area contributed by atoms with E-state index in [1.807, 2.05) is 6.92 Å². The highest BCUT2D eigenvalue weighted by Gasteiger charge is 2.11. The van der Waals surface area contributed by atoms with Crippen LogP contribution in [0.1, 0.15) is 29.5 Å². The maximum Gasteiger partial charge on any atom is 0.338 e. The second-order valence-electron chi connectivity index (χ2n) is 3.89. The minimum atomic E-state index is -1.29. The highest BCUT2D eigenvalue weighted by atomic mass is 32.1. The number of aromatic carboxylic acids is 1. The van der Waals surface area contributed by atoms with Crippen LogP contribution in [0, 0.1) is 5.82 Å². The molecule has 0 radical (unpaired) electrons. The van der Waals surface area contributed by atoms with Crippen LogP contribution in [-0.4, -0.2) is 20.4 Å². The molecule has 7 heteroatoms. The van der Waals surface area contributed by atoms with Crippen molar-refractivity contribution in [2.24, 2.45) is 0 Å². The zero-order chi connectivity index (χ0) is 13.8. The summed E-state index contributed by atoms with van der Waals surface area (Å²) < 4.78 is 17.6. The molecule has 0 saturated heterocycles. The Balaban J connectivity index is 2.14. The first-order valence-corrected chi connectivity index (χ1v) is 6.50. The molecule has 100 valence electrons. The Labute approximate surface area is 113 Å². The molecule has 0 aliphatic rings. The quantitative estimate of drug-likeness (QED) is 0.881. The summed E-state index contributed by atoms with van der Waals surface area (Å²) in [7, 11) is 0. The largest absolute Gasteiger partial charge is 0.478 e. The Kier molecular flexibility index (Phi) is 4.06. The molecule has 2 rings (SSSR count). The van der Waals surface area contributed by atoms with Crippen molar-refractivity contribution in [2.45, 2.75) is 19.8 Å². The number of carbonyl (C=O) groups is 1. The van der Waals surface area contributed by atoms with E-state index in [4.69, 9.17) is 5.11 Å². The van der Waals surface area contributed by atoms with Gasteiger partial charge >= 0.3 is 5.97 Å². The first-order valence-electron chi connectivity index (χ1n) is 5.72. The SMILES string of the molecule is CCCc1nsc(Nc2ccc(C(=O)O)c(F)c2)n1. The van der Waals surface area contributed by atoms with Crippen LogP contribution in [0.25, 0.3) is 0 Å². The van der Waals surface area contributed by atoms with Gasteiger partial charge in [-0.3, -0.25) is 0 Å². The first kappa shape index (κ1) is 13.4. The van der Waals surface area contributed by atoms with Gasteiger partial charge in [0.25, 0.3) is 0 Å². The Morgan fingerprint density at radius 2 is 2.32 bits per heavy atom. The number of hydrogen-bond acceptors (Lipinski definition) is 5. The Morgan fingerprint density at radius 1 is 1.53 bits per heavy atom. The van der Waals surface area contributed by atoms with Crippen LogP contribution in [0.4, 0.5) is 15.2 Å². The van der Waals surface area contributed by atoms with E-state index >= 15 is 0 Å². The zero-order valence-electron chi connectivity index (χ0n) is 10.2. The van der Waals surface area contributed by atoms with E-state index in [9.17, 15) is 9.18 Å². The molecule has 0 atom stereocenters. The first-order chi connectivity index (χ1) is 9.10. The molecule has 0 amide bonds. The van der Waals surface area contributed by atoms with Crippen LogP contribution >= 0.6 is 11.5 Å². The molecule has 2 aromatic rings. The smallest absolute Gasteiger partial charge is 0.338 e. The van der Waals surface area contributed by atoms with Crippen molar-refractivity contribution in [2.75, 3.05) is 5.32 Å². The summed E-state index contributed by atoms with van der Waals surface area (Å²) in [4.78, 5) is 14.9. The van der Waals surface area contributed by atoms with Gasteiger partial charge in [0.15, 0.2) is 0 Å². The van der Waals surface area contributed by atoms with E-state index in [2.05, 4.69) is 14.7 Å². The number of rotatable bonds is 5. The molecular weight excluding hydrogens is 269 g/mol. The molecule has 0 unspecified atom stereocenters. The fourth-order valence-electron chi connectivity index (χ4n) is 1.52. The van der Waals surface area contributed by atoms with Crippen molar-refractivity contribution in [3.8, 4) is 0 Å². The van der Waals surface area contributed by atoms with Gasteiger partial charge in [-0.2, -0.15) is 4.37 Å². The number of nitrogens with one attached hydrogen (secondary N) is 1. The highest BCUT2D eigenvalue weighted by Crippen LogP contribution is 2.21. The third-order valence-electron chi connectivity index (χ3n) is 2.39. The molecule has 1 aromatic heterocycles. The Hall–Kier alpha value is -2.02.